The molecule has 2 aromatic rings. The van der Waals surface area contributed by atoms with Crippen LogP contribution in [0.15, 0.2) is 35.5 Å². The molecule has 172 valence electrons. The third-order valence-electron chi connectivity index (χ3n) is 5.68. The van der Waals surface area contributed by atoms with Gasteiger partial charge in [-0.25, -0.2) is 22.8 Å². The molecular formula is C20H22ClFN4O5S. The molecule has 32 heavy (non-hydrogen) atoms. The molecule has 1 amide bonds. The molecular weight excluding hydrogens is 463 g/mol. The van der Waals surface area contributed by atoms with Crippen molar-refractivity contribution in [3.05, 3.63) is 41.6 Å². The molecule has 2 aliphatic rings. The molecule has 2 atom stereocenters. The number of sulfone groups is 1. The number of rotatable bonds is 5. The maximum atomic E-state index is 14.3. The fourth-order valence-corrected chi connectivity index (χ4v) is 4.72. The monoisotopic (exact) mass is 484 g/mol. The van der Waals surface area contributed by atoms with E-state index in [0.717, 1.165) is 18.4 Å². The number of aliphatic hydroxyl groups is 1. The quantitative estimate of drug-likeness (QED) is 0.675. The van der Waals surface area contributed by atoms with Crippen LogP contribution in [-0.2, 0) is 14.6 Å². The Labute approximate surface area is 189 Å². The minimum atomic E-state index is -3.58. The summed E-state index contributed by atoms with van der Waals surface area (Å²) < 4.78 is 43.0. The molecule has 4 rings (SSSR count). The number of aromatic nitrogens is 2. The Balaban J connectivity index is 1.40. The van der Waals surface area contributed by atoms with Gasteiger partial charge < -0.3 is 19.6 Å². The molecule has 0 bridgehead atoms. The number of carbonyl (C=O) groups is 1. The van der Waals surface area contributed by atoms with Crippen molar-refractivity contribution in [2.75, 3.05) is 30.8 Å². The number of aliphatic hydroxyl groups excluding tert-OH is 1. The second-order valence-electron chi connectivity index (χ2n) is 7.88. The molecule has 3 heterocycles. The van der Waals surface area contributed by atoms with Crippen molar-refractivity contribution in [3.8, 4) is 5.75 Å². The molecule has 1 aromatic carbocycles. The lowest BCUT2D eigenvalue weighted by atomic mass is 10.0. The minimum absolute atomic E-state index is 0.0813. The molecule has 0 radical (unpaired) electrons. The fraction of sp³-hybridized carbons (Fsp3) is 0.450. The van der Waals surface area contributed by atoms with Crippen LogP contribution in [0.4, 0.5) is 10.2 Å². The van der Waals surface area contributed by atoms with Gasteiger partial charge in [0.2, 0.25) is 6.10 Å². The summed E-state index contributed by atoms with van der Waals surface area (Å²) in [5.74, 6) is -0.916. The Hall–Kier alpha value is -2.50. The van der Waals surface area contributed by atoms with E-state index in [0.29, 0.717) is 36.9 Å². The second-order valence-corrected chi connectivity index (χ2v) is 10.3. The van der Waals surface area contributed by atoms with E-state index in [1.165, 1.54) is 12.3 Å². The van der Waals surface area contributed by atoms with Crippen molar-refractivity contribution in [2.45, 2.75) is 36.0 Å². The number of halogens is 2. The highest BCUT2D eigenvalue weighted by Gasteiger charge is 2.45. The predicted molar refractivity (Wildman–Crippen MR) is 114 cm³/mol. The van der Waals surface area contributed by atoms with Crippen LogP contribution in [0.3, 0.4) is 0 Å². The van der Waals surface area contributed by atoms with E-state index in [2.05, 4.69) is 9.97 Å². The average Bonchev–Trinajstić information content (AvgIpc) is 3.03. The van der Waals surface area contributed by atoms with Crippen molar-refractivity contribution in [1.82, 2.24) is 14.9 Å². The molecule has 2 unspecified atom stereocenters. The third kappa shape index (κ3) is 4.64. The van der Waals surface area contributed by atoms with Crippen LogP contribution < -0.4 is 9.64 Å². The number of ether oxygens (including phenoxy) is 1. The Morgan fingerprint density at radius 1 is 1.22 bits per heavy atom. The number of hydrogen-bond acceptors (Lipinski definition) is 8. The first-order valence-corrected chi connectivity index (χ1v) is 12.3. The minimum Gasteiger partial charge on any atom is -0.475 e. The molecule has 2 aliphatic heterocycles. The summed E-state index contributed by atoms with van der Waals surface area (Å²) in [7, 11) is -3.58. The number of benzene rings is 1. The van der Waals surface area contributed by atoms with Gasteiger partial charge in [-0.1, -0.05) is 11.6 Å². The fourth-order valence-electron chi connectivity index (χ4n) is 3.99. The van der Waals surface area contributed by atoms with Crippen LogP contribution in [0, 0.1) is 5.82 Å². The molecule has 0 aliphatic carbocycles. The molecule has 1 aromatic heterocycles. The number of amides is 1. The third-order valence-corrected chi connectivity index (χ3v) is 6.99. The number of piperidine rings is 1. The van der Waals surface area contributed by atoms with Crippen molar-refractivity contribution >= 4 is 33.2 Å². The van der Waals surface area contributed by atoms with Crippen LogP contribution in [0.5, 0.6) is 5.75 Å². The maximum absolute atomic E-state index is 14.3. The standard InChI is InChI=1S/C20H22ClFN4O5S/c1-32(29,30)13-2-3-16(14(22)8-13)31-19-15(27)11-26(20(19)28)12-4-6-25(7-5-12)18-10-23-17(21)9-24-18/h2-3,8-10,12,15,19,27H,4-7,11H2,1H3. The first-order chi connectivity index (χ1) is 15.1. The van der Waals surface area contributed by atoms with Crippen LogP contribution >= 0.6 is 11.6 Å². The lowest BCUT2D eigenvalue weighted by molar-refractivity contribution is -0.136. The van der Waals surface area contributed by atoms with Gasteiger partial charge in [0.1, 0.15) is 17.1 Å². The molecule has 0 spiro atoms. The maximum Gasteiger partial charge on any atom is 0.266 e. The zero-order valence-corrected chi connectivity index (χ0v) is 18.8. The van der Waals surface area contributed by atoms with Crippen LogP contribution in [0.25, 0.3) is 0 Å². The highest BCUT2D eigenvalue weighted by atomic mass is 35.5. The van der Waals surface area contributed by atoms with Gasteiger partial charge in [0.15, 0.2) is 21.4 Å². The highest BCUT2D eigenvalue weighted by Crippen LogP contribution is 2.29. The lowest BCUT2D eigenvalue weighted by Crippen LogP contribution is -2.47. The van der Waals surface area contributed by atoms with Gasteiger partial charge >= 0.3 is 0 Å². The van der Waals surface area contributed by atoms with E-state index >= 15 is 0 Å². The summed E-state index contributed by atoms with van der Waals surface area (Å²) in [6.07, 6.45) is 2.98. The van der Waals surface area contributed by atoms with Crippen LogP contribution in [0.2, 0.25) is 5.15 Å². The van der Waals surface area contributed by atoms with Gasteiger partial charge in [0, 0.05) is 25.4 Å². The summed E-state index contributed by atoms with van der Waals surface area (Å²) in [6.45, 7) is 1.37. The SMILES string of the molecule is CS(=O)(=O)c1ccc(OC2C(=O)N(C3CCN(c4cnc(Cl)cn4)CC3)CC2O)c(F)c1. The largest absolute Gasteiger partial charge is 0.475 e. The molecule has 2 fully saturated rings. The molecule has 1 N–H and O–H groups in total. The number of β-amino-alcohol motifs (C(OH)–C–C–N with tert-alkyl or cyclic N) is 1. The van der Waals surface area contributed by atoms with Crippen LogP contribution in [-0.4, -0.2) is 78.4 Å². The first kappa shape index (κ1) is 22.7. The molecule has 12 heteroatoms. The first-order valence-electron chi connectivity index (χ1n) is 10.0. The van der Waals surface area contributed by atoms with Crippen molar-refractivity contribution < 1.29 is 27.4 Å². The van der Waals surface area contributed by atoms with Crippen molar-refractivity contribution in [3.63, 3.8) is 0 Å². The van der Waals surface area contributed by atoms with Crippen molar-refractivity contribution in [2.24, 2.45) is 0 Å². The summed E-state index contributed by atoms with van der Waals surface area (Å²) in [5.41, 5.74) is 0. The van der Waals surface area contributed by atoms with E-state index in [1.807, 2.05) is 4.90 Å². The van der Waals surface area contributed by atoms with Gasteiger partial charge in [-0.15, -0.1) is 0 Å². The lowest BCUT2D eigenvalue weighted by Gasteiger charge is -2.37. The van der Waals surface area contributed by atoms with Gasteiger partial charge in [-0.2, -0.15) is 0 Å². The van der Waals surface area contributed by atoms with Gasteiger partial charge in [0.05, 0.1) is 23.8 Å². The van der Waals surface area contributed by atoms with E-state index in [-0.39, 0.29) is 23.2 Å². The van der Waals surface area contributed by atoms with Gasteiger partial charge in [-0.3, -0.25) is 4.79 Å². The molecule has 0 saturated carbocycles. The summed E-state index contributed by atoms with van der Waals surface area (Å²) >= 11 is 5.78. The van der Waals surface area contributed by atoms with Crippen molar-refractivity contribution in [1.29, 1.82) is 0 Å². The van der Waals surface area contributed by atoms with Gasteiger partial charge in [-0.05, 0) is 31.0 Å². The number of anilines is 1. The topological polar surface area (TPSA) is 113 Å². The Morgan fingerprint density at radius 3 is 2.53 bits per heavy atom. The van der Waals surface area contributed by atoms with E-state index < -0.39 is 33.8 Å². The van der Waals surface area contributed by atoms with Crippen LogP contribution in [0.1, 0.15) is 12.8 Å². The van der Waals surface area contributed by atoms with E-state index in [9.17, 15) is 22.7 Å². The van der Waals surface area contributed by atoms with Gasteiger partial charge in [0.25, 0.3) is 5.91 Å². The number of hydrogen-bond donors (Lipinski definition) is 1. The number of nitrogens with zero attached hydrogens (tertiary/aromatic N) is 4. The Bertz CT molecular complexity index is 1110. The second kappa shape index (κ2) is 8.80. The summed E-state index contributed by atoms with van der Waals surface area (Å²) in [5, 5.41) is 10.7. The zero-order valence-electron chi connectivity index (χ0n) is 17.2. The molecule has 9 nitrogen and oxygen atoms in total. The van der Waals surface area contributed by atoms with E-state index in [4.69, 9.17) is 16.3 Å². The average molecular weight is 485 g/mol. The summed E-state index contributed by atoms with van der Waals surface area (Å²) in [4.78, 5) is 24.6. The predicted octanol–water partition coefficient (Wildman–Crippen LogP) is 1.29. The zero-order chi connectivity index (χ0) is 23.0. The number of likely N-dealkylation sites (tertiary alicyclic amines) is 1. The molecule has 2 saturated heterocycles. The smallest absolute Gasteiger partial charge is 0.266 e. The summed E-state index contributed by atoms with van der Waals surface area (Å²) in [6, 6.07) is 3.09. The van der Waals surface area contributed by atoms with E-state index in [1.54, 1.807) is 11.1 Å². The normalized spacial score (nSPS) is 22.4. The Morgan fingerprint density at radius 2 is 1.94 bits per heavy atom. The highest BCUT2D eigenvalue weighted by molar-refractivity contribution is 7.90. The Kier molecular flexibility index (Phi) is 6.24. The number of carbonyl (C=O) groups excluding carboxylic acids is 1.